The lowest BCUT2D eigenvalue weighted by Crippen LogP contribution is -2.03. The number of ether oxygens (including phenoxy) is 2. The van der Waals surface area contributed by atoms with Gasteiger partial charge in [-0.1, -0.05) is 42.5 Å². The van der Waals surface area contributed by atoms with Crippen molar-refractivity contribution in [1.29, 1.82) is 0 Å². The number of nitrogens with zero attached hydrogens (tertiary/aromatic N) is 3. The molecule has 0 amide bonds. The topological polar surface area (TPSA) is 198 Å². The maximum absolute atomic E-state index is 10.8. The van der Waals surface area contributed by atoms with Crippen molar-refractivity contribution in [2.45, 2.75) is 0 Å². The predicted molar refractivity (Wildman–Crippen MR) is 169 cm³/mol. The Bertz CT molecular complexity index is 2060. The van der Waals surface area contributed by atoms with Crippen molar-refractivity contribution in [3.8, 4) is 11.5 Å². The van der Waals surface area contributed by atoms with Gasteiger partial charge in [-0.3, -0.25) is 4.98 Å². The molecule has 0 atom stereocenters. The molecule has 0 saturated heterocycles. The fourth-order valence-corrected chi connectivity index (χ4v) is 4.20. The third-order valence-electron chi connectivity index (χ3n) is 6.51. The van der Waals surface area contributed by atoms with Crippen LogP contribution in [-0.4, -0.2) is 65.6 Å². The van der Waals surface area contributed by atoms with Crippen LogP contribution in [0.1, 0.15) is 41.7 Å². The van der Waals surface area contributed by atoms with Crippen LogP contribution in [-0.2, 0) is 7.05 Å². The zero-order valence-electron chi connectivity index (χ0n) is 24.7. The van der Waals surface area contributed by atoms with Crippen LogP contribution in [0.4, 0.5) is 0 Å². The Balaban J connectivity index is 0.000000143. The Kier molecular flexibility index (Phi) is 10.8. The molecule has 7 rings (SSSR count). The number of benzene rings is 3. The van der Waals surface area contributed by atoms with Gasteiger partial charge in [-0.25, -0.2) is 24.2 Å². The number of hydrogen-bond donors (Lipinski definition) is 4. The number of aromatic nitrogens is 3. The molecule has 13 heteroatoms. The fourth-order valence-electron chi connectivity index (χ4n) is 4.20. The predicted octanol–water partition coefficient (Wildman–Crippen LogP) is 5.70. The summed E-state index contributed by atoms with van der Waals surface area (Å²) in [5.74, 6) is -2.70. The first-order valence-corrected chi connectivity index (χ1v) is 13.7. The van der Waals surface area contributed by atoms with Gasteiger partial charge >= 0.3 is 23.9 Å². The van der Waals surface area contributed by atoms with Crippen LogP contribution in [0.25, 0.3) is 21.8 Å². The van der Waals surface area contributed by atoms with Crippen LogP contribution < -0.4 is 9.47 Å². The molecule has 0 radical (unpaired) electrons. The average Bonchev–Trinajstić information content (AvgIpc) is 3.70. The number of hydrogen-bond acceptors (Lipinski definition) is 8. The van der Waals surface area contributed by atoms with Gasteiger partial charge in [0.05, 0.1) is 16.6 Å². The van der Waals surface area contributed by atoms with E-state index in [2.05, 4.69) is 9.97 Å². The second-order valence-corrected chi connectivity index (χ2v) is 9.57. The van der Waals surface area contributed by atoms with Crippen molar-refractivity contribution < 1.29 is 49.1 Å². The Hall–Kier alpha value is -6.76. The van der Waals surface area contributed by atoms with Crippen LogP contribution in [0.5, 0.6) is 11.5 Å². The highest BCUT2D eigenvalue weighted by atomic mass is 16.7. The molecule has 13 nitrogen and oxygen atoms in total. The van der Waals surface area contributed by atoms with Crippen molar-refractivity contribution >= 4 is 45.7 Å². The number of carboxylic acid groups (broad SMARTS) is 4. The van der Waals surface area contributed by atoms with Gasteiger partial charge in [0.1, 0.15) is 11.4 Å². The largest absolute Gasteiger partial charge is 0.478 e. The van der Waals surface area contributed by atoms with E-state index in [0.29, 0.717) is 17.2 Å². The number of aromatic carboxylic acids is 4. The van der Waals surface area contributed by atoms with Gasteiger partial charge in [0.2, 0.25) is 6.79 Å². The third-order valence-corrected chi connectivity index (χ3v) is 6.51. The van der Waals surface area contributed by atoms with E-state index in [-0.39, 0.29) is 23.6 Å². The monoisotopic (exact) mass is 637 g/mol. The molecule has 0 unspecified atom stereocenters. The fraction of sp³-hybridized carbons (Fsp3) is 0.0588. The van der Waals surface area contributed by atoms with Crippen molar-refractivity contribution in [1.82, 2.24) is 14.5 Å². The van der Waals surface area contributed by atoms with Crippen molar-refractivity contribution in [3.05, 3.63) is 132 Å². The maximum atomic E-state index is 10.8. The molecule has 3 aromatic carbocycles. The van der Waals surface area contributed by atoms with Crippen LogP contribution in [0, 0.1) is 0 Å². The molecular weight excluding hydrogens is 610 g/mol. The second-order valence-electron chi connectivity index (χ2n) is 9.57. The van der Waals surface area contributed by atoms with Gasteiger partial charge in [-0.05, 0) is 54.6 Å². The number of rotatable bonds is 4. The molecule has 1 aliphatic rings. The van der Waals surface area contributed by atoms with Gasteiger partial charge in [0.15, 0.2) is 11.5 Å². The van der Waals surface area contributed by atoms with Gasteiger partial charge in [-0.15, -0.1) is 0 Å². The Morgan fingerprint density at radius 1 is 0.638 bits per heavy atom. The van der Waals surface area contributed by atoms with E-state index in [0.717, 1.165) is 21.8 Å². The van der Waals surface area contributed by atoms with E-state index < -0.39 is 23.9 Å². The van der Waals surface area contributed by atoms with Crippen LogP contribution >= 0.6 is 0 Å². The second kappa shape index (κ2) is 15.3. The number of pyridine rings is 2. The molecular formula is C34H27N3O10. The Labute approximate surface area is 266 Å². The quantitative estimate of drug-likeness (QED) is 0.184. The van der Waals surface area contributed by atoms with Crippen molar-refractivity contribution in [2.75, 3.05) is 6.79 Å². The van der Waals surface area contributed by atoms with E-state index in [9.17, 15) is 19.2 Å². The lowest BCUT2D eigenvalue weighted by molar-refractivity contribution is 0.0677. The van der Waals surface area contributed by atoms with E-state index in [4.69, 9.17) is 29.9 Å². The first kappa shape index (κ1) is 33.1. The zero-order valence-corrected chi connectivity index (χ0v) is 24.7. The van der Waals surface area contributed by atoms with Crippen molar-refractivity contribution in [2.24, 2.45) is 7.05 Å². The smallest absolute Gasteiger partial charge is 0.354 e. The van der Waals surface area contributed by atoms with Gasteiger partial charge < -0.3 is 34.5 Å². The molecule has 0 fully saturated rings. The van der Waals surface area contributed by atoms with E-state index in [1.165, 1.54) is 30.6 Å². The molecule has 3 aromatic heterocycles. The highest BCUT2D eigenvalue weighted by Crippen LogP contribution is 2.32. The molecule has 0 spiro atoms. The minimum atomic E-state index is -0.990. The summed E-state index contributed by atoms with van der Waals surface area (Å²) in [7, 11) is 1.76. The molecule has 4 heterocycles. The Morgan fingerprint density at radius 2 is 1.30 bits per heavy atom. The minimum absolute atomic E-state index is 0.0810. The molecule has 4 N–H and O–H groups in total. The van der Waals surface area contributed by atoms with Gasteiger partial charge in [0.25, 0.3) is 0 Å². The normalized spacial score (nSPS) is 10.7. The van der Waals surface area contributed by atoms with Crippen molar-refractivity contribution in [3.63, 3.8) is 0 Å². The molecule has 238 valence electrons. The Morgan fingerprint density at radius 3 is 1.91 bits per heavy atom. The summed E-state index contributed by atoms with van der Waals surface area (Å²) in [5.41, 5.74) is 2.59. The van der Waals surface area contributed by atoms with Crippen LogP contribution in [0.3, 0.4) is 0 Å². The first-order valence-electron chi connectivity index (χ1n) is 13.7. The zero-order chi connectivity index (χ0) is 33.9. The number of aryl methyl sites for hydroxylation is 1. The SMILES string of the molecule is Cn1c(C(=O)O)cc2ccccc21.O=C(O)c1ccc2c(c1)OCO2.O=C(O)c1ccccn1.O=C(O)c1cnc2ccccc2c1. The molecule has 0 bridgehead atoms. The van der Waals surface area contributed by atoms with E-state index in [1.807, 2.05) is 48.5 Å². The molecule has 6 aromatic rings. The highest BCUT2D eigenvalue weighted by molar-refractivity contribution is 5.94. The minimum Gasteiger partial charge on any atom is -0.478 e. The number of fused-ring (bicyclic) bond motifs is 3. The van der Waals surface area contributed by atoms with Crippen LogP contribution in [0.15, 0.2) is 109 Å². The lowest BCUT2D eigenvalue weighted by atomic mass is 10.2. The summed E-state index contributed by atoms with van der Waals surface area (Å²) in [4.78, 5) is 49.6. The summed E-state index contributed by atoms with van der Waals surface area (Å²) in [6.45, 7) is 0.165. The standard InChI is InChI=1S/C10H9NO2.C10H7NO2.C8H6O4.C6H5NO2/c1-11-8-5-3-2-4-7(8)6-9(11)10(12)13;12-10(13)8-5-7-3-1-2-4-9(7)11-6-8;9-8(10)5-1-2-6-7(3-5)12-4-11-6;8-6(9)5-3-1-2-4-7-5/h2-6H,1H3,(H,12,13);1-6H,(H,12,13);1-3H,4H2,(H,9,10);1-4H,(H,8,9). The molecule has 0 saturated carbocycles. The summed E-state index contributed by atoms with van der Waals surface area (Å²) in [5, 5.41) is 36.3. The summed E-state index contributed by atoms with van der Waals surface area (Å²) < 4.78 is 11.7. The van der Waals surface area contributed by atoms with E-state index >= 15 is 0 Å². The molecule has 1 aliphatic heterocycles. The summed E-state index contributed by atoms with van der Waals surface area (Å²) in [6, 6.07) is 27.6. The summed E-state index contributed by atoms with van der Waals surface area (Å²) >= 11 is 0. The maximum Gasteiger partial charge on any atom is 0.354 e. The molecule has 47 heavy (non-hydrogen) atoms. The van der Waals surface area contributed by atoms with Gasteiger partial charge in [0, 0.05) is 35.7 Å². The summed E-state index contributed by atoms with van der Waals surface area (Å²) in [6.07, 6.45) is 2.81. The molecule has 0 aliphatic carbocycles. The number of carbonyl (C=O) groups is 4. The first-order chi connectivity index (χ1) is 22.5. The van der Waals surface area contributed by atoms with Crippen LogP contribution in [0.2, 0.25) is 0 Å². The number of carboxylic acids is 4. The van der Waals surface area contributed by atoms with E-state index in [1.54, 1.807) is 41.9 Å². The highest BCUT2D eigenvalue weighted by Gasteiger charge is 2.15. The third kappa shape index (κ3) is 8.67. The number of para-hydroxylation sites is 2. The van der Waals surface area contributed by atoms with Gasteiger partial charge in [-0.2, -0.15) is 0 Å². The average molecular weight is 638 g/mol. The lowest BCUT2D eigenvalue weighted by Gasteiger charge is -1.97.